The average Bonchev–Trinajstić information content (AvgIpc) is 2.86. The van der Waals surface area contributed by atoms with Gasteiger partial charge in [0.1, 0.15) is 11.4 Å². The van der Waals surface area contributed by atoms with Crippen LogP contribution in [-0.4, -0.2) is 101 Å². The highest BCUT2D eigenvalue weighted by Gasteiger charge is 2.58. The molecule has 3 heterocycles. The summed E-state index contributed by atoms with van der Waals surface area (Å²) in [6.45, 7) is 1.37. The largest absolute Gasteiger partial charge is 0.479 e. The predicted molar refractivity (Wildman–Crippen MR) is 118 cm³/mol. The first kappa shape index (κ1) is 23.8. The molecule has 0 aromatic heterocycles. The molecule has 3 saturated heterocycles. The van der Waals surface area contributed by atoms with Gasteiger partial charge in [-0.05, 0) is 0 Å². The van der Waals surface area contributed by atoms with Crippen molar-refractivity contribution in [1.29, 1.82) is 0 Å². The van der Waals surface area contributed by atoms with Crippen molar-refractivity contribution in [3.63, 3.8) is 0 Å². The number of urea groups is 1. The Morgan fingerprint density at radius 2 is 1.94 bits per heavy atom. The number of carbonyl (C=O) groups is 5. The number of aliphatic carboxylic acids is 1. The third-order valence-corrected chi connectivity index (χ3v) is 7.49. The van der Waals surface area contributed by atoms with Gasteiger partial charge < -0.3 is 35.0 Å². The maximum Gasteiger partial charge on any atom is 0.332 e. The van der Waals surface area contributed by atoms with Gasteiger partial charge in [-0.1, -0.05) is 30.3 Å². The van der Waals surface area contributed by atoms with E-state index in [0.717, 1.165) is 11.8 Å². The quantitative estimate of drug-likeness (QED) is 0.327. The van der Waals surface area contributed by atoms with E-state index < -0.39 is 46.9 Å². The van der Waals surface area contributed by atoms with Gasteiger partial charge in [0.2, 0.25) is 12.0 Å². The third kappa shape index (κ3) is 4.53. The van der Waals surface area contributed by atoms with Gasteiger partial charge in [-0.2, -0.15) is 0 Å². The fourth-order valence-electron chi connectivity index (χ4n) is 4.09. The molecule has 0 aliphatic carbocycles. The van der Waals surface area contributed by atoms with Crippen molar-refractivity contribution in [2.24, 2.45) is 0 Å². The lowest BCUT2D eigenvalue weighted by molar-refractivity contribution is -0.157. The van der Waals surface area contributed by atoms with E-state index in [1.165, 1.54) is 9.80 Å². The summed E-state index contributed by atoms with van der Waals surface area (Å²) in [5.41, 5.74) is -1.21. The molecule has 0 spiro atoms. The van der Waals surface area contributed by atoms with E-state index in [1.807, 2.05) is 0 Å². The Bertz CT molecular complexity index is 973. The smallest absolute Gasteiger partial charge is 0.332 e. The Kier molecular flexibility index (Phi) is 6.93. The molecule has 3 unspecified atom stereocenters. The van der Waals surface area contributed by atoms with Gasteiger partial charge in [0.25, 0.3) is 12.4 Å². The average molecular weight is 493 g/mol. The van der Waals surface area contributed by atoms with Crippen LogP contribution in [-0.2, 0) is 28.7 Å². The zero-order chi connectivity index (χ0) is 24.3. The molecule has 182 valence electrons. The molecule has 0 saturated carbocycles. The van der Waals surface area contributed by atoms with E-state index in [4.69, 9.17) is 9.47 Å². The zero-order valence-corrected chi connectivity index (χ0v) is 18.9. The zero-order valence-electron chi connectivity index (χ0n) is 18.0. The fourth-order valence-corrected chi connectivity index (χ4v) is 5.57. The Morgan fingerprint density at radius 1 is 1.24 bits per heavy atom. The van der Waals surface area contributed by atoms with Crippen LogP contribution in [0.3, 0.4) is 0 Å². The first-order chi connectivity index (χ1) is 16.4. The first-order valence-electron chi connectivity index (χ1n) is 10.6. The van der Waals surface area contributed by atoms with Crippen LogP contribution in [0.2, 0.25) is 0 Å². The SMILES string of the molecule is O=COC(C(=O)NC1C(=O)N2CC(NC(=O)N3CCOCC3)(C(=O)O)CS[C@H]12)c1ccccc1. The van der Waals surface area contributed by atoms with Crippen LogP contribution in [0.4, 0.5) is 4.79 Å². The second-order valence-electron chi connectivity index (χ2n) is 8.09. The number of hydrogen-bond acceptors (Lipinski definition) is 8. The molecule has 3 N–H and O–H groups in total. The van der Waals surface area contributed by atoms with Crippen LogP contribution < -0.4 is 10.6 Å². The fraction of sp³-hybridized carbons (Fsp3) is 0.476. The van der Waals surface area contributed by atoms with Crippen LogP contribution in [0, 0.1) is 0 Å². The van der Waals surface area contributed by atoms with E-state index >= 15 is 0 Å². The Morgan fingerprint density at radius 3 is 2.59 bits per heavy atom. The van der Waals surface area contributed by atoms with Crippen molar-refractivity contribution in [2.45, 2.75) is 23.1 Å². The van der Waals surface area contributed by atoms with Gasteiger partial charge in [-0.15, -0.1) is 11.8 Å². The summed E-state index contributed by atoms with van der Waals surface area (Å²) in [7, 11) is 0. The van der Waals surface area contributed by atoms with Crippen molar-refractivity contribution >= 4 is 42.0 Å². The molecular formula is C21H24N4O8S. The van der Waals surface area contributed by atoms with E-state index in [-0.39, 0.29) is 18.8 Å². The number of morpholine rings is 1. The van der Waals surface area contributed by atoms with Gasteiger partial charge in [0.15, 0.2) is 5.54 Å². The van der Waals surface area contributed by atoms with Crippen LogP contribution in [0.25, 0.3) is 0 Å². The number of thioether (sulfide) groups is 1. The van der Waals surface area contributed by atoms with E-state index in [2.05, 4.69) is 10.6 Å². The predicted octanol–water partition coefficient (Wildman–Crippen LogP) is -0.834. The number of nitrogens with one attached hydrogen (secondary N) is 2. The summed E-state index contributed by atoms with van der Waals surface area (Å²) in [5, 5.41) is 14.6. The minimum atomic E-state index is -1.66. The normalized spacial score (nSPS) is 27.0. The van der Waals surface area contributed by atoms with Crippen molar-refractivity contribution in [3.05, 3.63) is 35.9 Å². The monoisotopic (exact) mass is 492 g/mol. The number of β-lactam (4-membered cyclic amide) rings is 1. The standard InChI is InChI=1S/C21H24N4O8S/c26-12-33-15(13-4-2-1-3-5-13)16(27)22-14-17(28)25-10-21(19(29)30,11-34-18(14)25)23-20(31)24-6-8-32-9-7-24/h1-5,12,14-15,18H,6-11H2,(H,22,27)(H,23,31)(H,29,30)/t14?,15?,18-,21?/m1/s1. The molecule has 0 bridgehead atoms. The number of rotatable bonds is 7. The number of fused-ring (bicyclic) bond motifs is 1. The molecule has 34 heavy (non-hydrogen) atoms. The van der Waals surface area contributed by atoms with Crippen molar-refractivity contribution in [1.82, 2.24) is 20.4 Å². The third-order valence-electron chi connectivity index (χ3n) is 5.97. The summed E-state index contributed by atoms with van der Waals surface area (Å²) in [4.78, 5) is 64.0. The lowest BCUT2D eigenvalue weighted by Gasteiger charge is -2.54. The molecule has 12 nitrogen and oxygen atoms in total. The lowest BCUT2D eigenvalue weighted by Crippen LogP contribution is -2.78. The molecule has 4 rings (SSSR count). The molecule has 3 fully saturated rings. The number of carbonyl (C=O) groups excluding carboxylic acids is 4. The molecule has 4 amide bonds. The Balaban J connectivity index is 1.41. The highest BCUT2D eigenvalue weighted by molar-refractivity contribution is 8.00. The molecule has 1 aromatic carbocycles. The number of amides is 4. The molecular weight excluding hydrogens is 468 g/mol. The molecule has 0 radical (unpaired) electrons. The number of benzene rings is 1. The molecule has 1 aromatic rings. The minimum Gasteiger partial charge on any atom is -0.479 e. The maximum absolute atomic E-state index is 12.8. The van der Waals surface area contributed by atoms with E-state index in [0.29, 0.717) is 31.9 Å². The number of carboxylic acids is 1. The summed E-state index contributed by atoms with van der Waals surface area (Å²) in [6.07, 6.45) is -1.22. The van der Waals surface area contributed by atoms with Crippen LogP contribution in [0.1, 0.15) is 11.7 Å². The second kappa shape index (κ2) is 9.89. The van der Waals surface area contributed by atoms with Crippen LogP contribution >= 0.6 is 11.8 Å². The Hall–Kier alpha value is -3.32. The number of carboxylic acid groups (broad SMARTS) is 1. The summed E-state index contributed by atoms with van der Waals surface area (Å²) in [6, 6.07) is 6.94. The van der Waals surface area contributed by atoms with E-state index in [9.17, 15) is 29.1 Å². The molecule has 4 atom stereocenters. The van der Waals surface area contributed by atoms with Crippen LogP contribution in [0.15, 0.2) is 30.3 Å². The lowest BCUT2D eigenvalue weighted by atomic mass is 9.96. The Labute approximate surface area is 198 Å². The minimum absolute atomic E-state index is 0.00613. The molecule has 13 heteroatoms. The molecule has 3 aliphatic rings. The number of hydrogen-bond donors (Lipinski definition) is 3. The maximum atomic E-state index is 12.8. The second-order valence-corrected chi connectivity index (χ2v) is 9.20. The van der Waals surface area contributed by atoms with Crippen LogP contribution in [0.5, 0.6) is 0 Å². The van der Waals surface area contributed by atoms with Gasteiger partial charge in [-0.3, -0.25) is 14.4 Å². The van der Waals surface area contributed by atoms with Gasteiger partial charge in [0, 0.05) is 24.4 Å². The van der Waals surface area contributed by atoms with Crippen molar-refractivity contribution in [3.8, 4) is 0 Å². The van der Waals surface area contributed by atoms with Gasteiger partial charge in [-0.25, -0.2) is 9.59 Å². The topological polar surface area (TPSA) is 155 Å². The first-order valence-corrected chi connectivity index (χ1v) is 11.7. The van der Waals surface area contributed by atoms with E-state index in [1.54, 1.807) is 30.3 Å². The molecule has 3 aliphatic heterocycles. The van der Waals surface area contributed by atoms with Crippen molar-refractivity contribution in [2.75, 3.05) is 38.6 Å². The highest BCUT2D eigenvalue weighted by Crippen LogP contribution is 2.39. The van der Waals surface area contributed by atoms with Crippen molar-refractivity contribution < 1.29 is 38.6 Å². The highest BCUT2D eigenvalue weighted by atomic mass is 32.2. The van der Waals surface area contributed by atoms with Gasteiger partial charge >= 0.3 is 12.0 Å². The summed E-state index contributed by atoms with van der Waals surface area (Å²) < 4.78 is 10.1. The summed E-state index contributed by atoms with van der Waals surface area (Å²) in [5.74, 6) is -2.38. The van der Waals surface area contributed by atoms with Gasteiger partial charge in [0.05, 0.1) is 19.8 Å². The summed E-state index contributed by atoms with van der Waals surface area (Å²) >= 11 is 1.15. The number of nitrogens with zero attached hydrogens (tertiary/aromatic N) is 2. The number of ether oxygens (including phenoxy) is 2.